The van der Waals surface area contributed by atoms with Crippen LogP contribution in [-0.4, -0.2) is 24.5 Å². The third kappa shape index (κ3) is 3.95. The summed E-state index contributed by atoms with van der Waals surface area (Å²) in [6, 6.07) is 7.84. The van der Waals surface area contributed by atoms with Crippen molar-refractivity contribution in [1.82, 2.24) is 5.32 Å². The number of fused-ring (bicyclic) bond motifs is 1. The highest BCUT2D eigenvalue weighted by Gasteiger charge is 2.28. The van der Waals surface area contributed by atoms with Crippen LogP contribution in [0.4, 0.5) is 0 Å². The van der Waals surface area contributed by atoms with E-state index in [1.165, 1.54) is 6.42 Å². The van der Waals surface area contributed by atoms with Gasteiger partial charge in [0, 0.05) is 12.1 Å². The smallest absolute Gasteiger partial charge is 0.374 e. The SMILES string of the molecule is C[C@H]1[C@@H](NC(=O)COC(=O)c2cc(=O)c3ccccc3o2)CCC[C@@H]1C. The Morgan fingerprint density at radius 3 is 2.81 bits per heavy atom. The number of carbonyl (C=O) groups excluding carboxylic acids is 2. The summed E-state index contributed by atoms with van der Waals surface area (Å²) >= 11 is 0. The number of hydrogen-bond acceptors (Lipinski definition) is 5. The summed E-state index contributed by atoms with van der Waals surface area (Å²) < 4.78 is 10.4. The lowest BCUT2D eigenvalue weighted by molar-refractivity contribution is -0.125. The Morgan fingerprint density at radius 2 is 2.00 bits per heavy atom. The second-order valence-electron chi connectivity index (χ2n) is 6.99. The molecule has 138 valence electrons. The van der Waals surface area contributed by atoms with Crippen molar-refractivity contribution in [2.24, 2.45) is 11.8 Å². The third-order valence-corrected chi connectivity index (χ3v) is 5.22. The summed E-state index contributed by atoms with van der Waals surface area (Å²) in [5.41, 5.74) is -0.0188. The Morgan fingerprint density at radius 1 is 1.23 bits per heavy atom. The zero-order valence-electron chi connectivity index (χ0n) is 15.0. The number of carbonyl (C=O) groups is 2. The molecule has 0 saturated heterocycles. The second kappa shape index (κ2) is 7.72. The molecule has 1 fully saturated rings. The summed E-state index contributed by atoms with van der Waals surface area (Å²) in [6.07, 6.45) is 3.19. The van der Waals surface area contributed by atoms with Gasteiger partial charge in [0.15, 0.2) is 12.0 Å². The van der Waals surface area contributed by atoms with Crippen molar-refractivity contribution in [2.45, 2.75) is 39.2 Å². The number of rotatable bonds is 4. The first-order valence-electron chi connectivity index (χ1n) is 8.95. The highest BCUT2D eigenvalue weighted by Crippen LogP contribution is 2.29. The van der Waals surface area contributed by atoms with E-state index in [-0.39, 0.29) is 23.1 Å². The average Bonchev–Trinajstić information content (AvgIpc) is 2.63. The fourth-order valence-corrected chi connectivity index (χ4v) is 3.44. The van der Waals surface area contributed by atoms with Crippen molar-refractivity contribution in [3.05, 3.63) is 46.3 Å². The molecule has 26 heavy (non-hydrogen) atoms. The Bertz CT molecular complexity index is 872. The molecule has 1 saturated carbocycles. The predicted octanol–water partition coefficient (Wildman–Crippen LogP) is 2.89. The average molecular weight is 357 g/mol. The molecule has 1 amide bonds. The monoisotopic (exact) mass is 357 g/mol. The summed E-state index contributed by atoms with van der Waals surface area (Å²) in [5, 5.41) is 3.33. The number of hydrogen-bond donors (Lipinski definition) is 1. The fraction of sp³-hybridized carbons (Fsp3) is 0.450. The van der Waals surface area contributed by atoms with Gasteiger partial charge in [-0.25, -0.2) is 4.79 Å². The van der Waals surface area contributed by atoms with Gasteiger partial charge in [-0.05, 0) is 30.4 Å². The summed E-state index contributed by atoms with van der Waals surface area (Å²) in [5.74, 6) is -0.424. The third-order valence-electron chi connectivity index (χ3n) is 5.22. The molecule has 0 aliphatic heterocycles. The molecule has 6 heteroatoms. The Labute approximate surface area is 151 Å². The fourth-order valence-electron chi connectivity index (χ4n) is 3.44. The van der Waals surface area contributed by atoms with Crippen molar-refractivity contribution in [3.8, 4) is 0 Å². The minimum Gasteiger partial charge on any atom is -0.450 e. The highest BCUT2D eigenvalue weighted by molar-refractivity contribution is 5.90. The van der Waals surface area contributed by atoms with Crippen LogP contribution in [0.25, 0.3) is 11.0 Å². The van der Waals surface area contributed by atoms with Crippen molar-refractivity contribution < 1.29 is 18.7 Å². The first-order valence-corrected chi connectivity index (χ1v) is 8.95. The molecular weight excluding hydrogens is 334 g/mol. The molecule has 0 spiro atoms. The van der Waals surface area contributed by atoms with E-state index in [0.717, 1.165) is 18.9 Å². The highest BCUT2D eigenvalue weighted by atomic mass is 16.5. The first kappa shape index (κ1) is 18.2. The van der Waals surface area contributed by atoms with Crippen LogP contribution in [-0.2, 0) is 9.53 Å². The van der Waals surface area contributed by atoms with Gasteiger partial charge >= 0.3 is 5.97 Å². The molecular formula is C20H23NO5. The molecule has 0 unspecified atom stereocenters. The van der Waals surface area contributed by atoms with Crippen LogP contribution in [0.2, 0.25) is 0 Å². The minimum absolute atomic E-state index is 0.101. The summed E-state index contributed by atoms with van der Waals surface area (Å²) in [4.78, 5) is 36.2. The van der Waals surface area contributed by atoms with Crippen LogP contribution < -0.4 is 10.7 Å². The van der Waals surface area contributed by atoms with E-state index in [1.807, 2.05) is 0 Å². The van der Waals surface area contributed by atoms with Crippen LogP contribution in [0.1, 0.15) is 43.7 Å². The first-order chi connectivity index (χ1) is 12.5. The Kier molecular flexibility index (Phi) is 5.40. The van der Waals surface area contributed by atoms with E-state index < -0.39 is 12.6 Å². The largest absolute Gasteiger partial charge is 0.450 e. The van der Waals surface area contributed by atoms with Gasteiger partial charge in [-0.15, -0.1) is 0 Å². The number of benzene rings is 1. The van der Waals surface area contributed by atoms with Gasteiger partial charge in [0.05, 0.1) is 5.39 Å². The van der Waals surface area contributed by atoms with Gasteiger partial charge in [-0.3, -0.25) is 9.59 Å². The van der Waals surface area contributed by atoms with Gasteiger partial charge in [0.1, 0.15) is 5.58 Å². The van der Waals surface area contributed by atoms with E-state index in [2.05, 4.69) is 19.2 Å². The quantitative estimate of drug-likeness (QED) is 0.851. The number of nitrogens with one attached hydrogen (secondary N) is 1. The van der Waals surface area contributed by atoms with E-state index >= 15 is 0 Å². The van der Waals surface area contributed by atoms with Crippen molar-refractivity contribution in [3.63, 3.8) is 0 Å². The summed E-state index contributed by atoms with van der Waals surface area (Å²) in [7, 11) is 0. The molecule has 1 aromatic carbocycles. The molecule has 1 N–H and O–H groups in total. The Balaban J connectivity index is 1.60. The second-order valence-corrected chi connectivity index (χ2v) is 6.99. The van der Waals surface area contributed by atoms with Gasteiger partial charge < -0.3 is 14.5 Å². The maximum Gasteiger partial charge on any atom is 0.374 e. The molecule has 0 radical (unpaired) electrons. The summed E-state index contributed by atoms with van der Waals surface area (Å²) in [6.45, 7) is 3.92. The van der Waals surface area contributed by atoms with E-state index in [9.17, 15) is 14.4 Å². The number of amides is 1. The zero-order chi connectivity index (χ0) is 18.7. The van der Waals surface area contributed by atoms with Crippen LogP contribution in [0.5, 0.6) is 0 Å². The van der Waals surface area contributed by atoms with Gasteiger partial charge in [0.25, 0.3) is 5.91 Å². The zero-order valence-corrected chi connectivity index (χ0v) is 15.0. The molecule has 3 rings (SSSR count). The number of esters is 1. The molecule has 1 aliphatic rings. The predicted molar refractivity (Wildman–Crippen MR) is 96.9 cm³/mol. The maximum absolute atomic E-state index is 12.1. The molecule has 1 aliphatic carbocycles. The molecule has 2 aromatic rings. The van der Waals surface area contributed by atoms with E-state index in [4.69, 9.17) is 9.15 Å². The van der Waals surface area contributed by atoms with Crippen LogP contribution in [0, 0.1) is 11.8 Å². The normalized spacial score (nSPS) is 22.8. The Hall–Kier alpha value is -2.63. The molecule has 0 bridgehead atoms. The van der Waals surface area contributed by atoms with Crippen LogP contribution >= 0.6 is 0 Å². The van der Waals surface area contributed by atoms with Gasteiger partial charge in [0.2, 0.25) is 5.76 Å². The van der Waals surface area contributed by atoms with Crippen LogP contribution in [0.15, 0.2) is 39.5 Å². The van der Waals surface area contributed by atoms with Crippen molar-refractivity contribution >= 4 is 22.8 Å². The van der Waals surface area contributed by atoms with Crippen molar-refractivity contribution in [1.29, 1.82) is 0 Å². The lowest BCUT2D eigenvalue weighted by Gasteiger charge is -2.34. The topological polar surface area (TPSA) is 85.6 Å². The molecule has 1 aromatic heterocycles. The molecule has 3 atom stereocenters. The molecule has 6 nitrogen and oxygen atoms in total. The lowest BCUT2D eigenvalue weighted by Crippen LogP contribution is -2.45. The van der Waals surface area contributed by atoms with Crippen LogP contribution in [0.3, 0.4) is 0 Å². The van der Waals surface area contributed by atoms with E-state index in [0.29, 0.717) is 22.8 Å². The minimum atomic E-state index is -0.826. The lowest BCUT2D eigenvalue weighted by atomic mass is 9.78. The van der Waals surface area contributed by atoms with E-state index in [1.54, 1.807) is 24.3 Å². The van der Waals surface area contributed by atoms with Gasteiger partial charge in [-0.2, -0.15) is 0 Å². The number of ether oxygens (including phenoxy) is 1. The maximum atomic E-state index is 12.1. The number of para-hydroxylation sites is 1. The van der Waals surface area contributed by atoms with Gasteiger partial charge in [-0.1, -0.05) is 38.8 Å². The molecule has 1 heterocycles. The standard InChI is InChI=1S/C20H23NO5/c1-12-6-5-8-15(13(12)2)21-19(23)11-25-20(24)18-10-16(22)14-7-3-4-9-17(14)26-18/h3-4,7,9-10,12-13,15H,5-6,8,11H2,1-2H3,(H,21,23)/t12-,13+,15-/m0/s1. The van der Waals surface area contributed by atoms with Crippen molar-refractivity contribution in [2.75, 3.05) is 6.61 Å².